The maximum absolute atomic E-state index is 13.2. The van der Waals surface area contributed by atoms with E-state index in [1.165, 1.54) is 0 Å². The van der Waals surface area contributed by atoms with Gasteiger partial charge in [0, 0.05) is 6.54 Å². The zero-order chi connectivity index (χ0) is 19.3. The van der Waals surface area contributed by atoms with E-state index in [0.29, 0.717) is 5.69 Å². The molecular weight excluding hydrogens is 348 g/mol. The Labute approximate surface area is 155 Å². The largest absolute Gasteiger partial charge is 0.351 e. The summed E-state index contributed by atoms with van der Waals surface area (Å²) < 4.78 is 27.6. The zero-order valence-electron chi connectivity index (χ0n) is 15.3. The summed E-state index contributed by atoms with van der Waals surface area (Å²) in [6.07, 6.45) is 1.55. The van der Waals surface area contributed by atoms with Gasteiger partial charge in [0.15, 0.2) is 0 Å². The van der Waals surface area contributed by atoms with Crippen LogP contribution in [0.25, 0.3) is 0 Å². The van der Waals surface area contributed by atoms with Gasteiger partial charge in [-0.15, -0.1) is 6.58 Å². The number of carbonyl (C=O) groups excluding carboxylic acids is 1. The average Bonchev–Trinajstić information content (AvgIpc) is 2.58. The van der Waals surface area contributed by atoms with Crippen LogP contribution in [0.2, 0.25) is 0 Å². The van der Waals surface area contributed by atoms with E-state index in [9.17, 15) is 13.2 Å². The van der Waals surface area contributed by atoms with Gasteiger partial charge in [0.1, 0.15) is 6.54 Å². The van der Waals surface area contributed by atoms with Crippen molar-refractivity contribution in [3.63, 3.8) is 0 Å². The maximum atomic E-state index is 13.2. The van der Waals surface area contributed by atoms with Crippen LogP contribution >= 0.6 is 0 Å². The minimum absolute atomic E-state index is 0.152. The summed E-state index contributed by atoms with van der Waals surface area (Å²) >= 11 is 0. The molecule has 6 heteroatoms. The van der Waals surface area contributed by atoms with Crippen molar-refractivity contribution in [1.29, 1.82) is 0 Å². The Morgan fingerprint density at radius 1 is 1.08 bits per heavy atom. The minimum Gasteiger partial charge on any atom is -0.351 e. The van der Waals surface area contributed by atoms with Crippen molar-refractivity contribution in [2.24, 2.45) is 0 Å². The topological polar surface area (TPSA) is 66.5 Å². The van der Waals surface area contributed by atoms with E-state index in [1.54, 1.807) is 36.4 Å². The van der Waals surface area contributed by atoms with Crippen molar-refractivity contribution in [3.8, 4) is 0 Å². The SMILES string of the molecule is C=CCNC(=O)CN(c1ccc(C)cc1C)S(=O)(=O)c1ccc(C)cc1. The highest BCUT2D eigenvalue weighted by Gasteiger charge is 2.28. The number of nitrogens with one attached hydrogen (secondary N) is 1. The van der Waals surface area contributed by atoms with E-state index in [0.717, 1.165) is 21.0 Å². The third-order valence-electron chi connectivity index (χ3n) is 3.96. The molecule has 0 aromatic heterocycles. The van der Waals surface area contributed by atoms with Crippen molar-refractivity contribution < 1.29 is 13.2 Å². The number of amides is 1. The van der Waals surface area contributed by atoms with Gasteiger partial charge in [0.05, 0.1) is 10.6 Å². The number of hydrogen-bond donors (Lipinski definition) is 1. The smallest absolute Gasteiger partial charge is 0.264 e. The Morgan fingerprint density at radius 3 is 2.27 bits per heavy atom. The summed E-state index contributed by atoms with van der Waals surface area (Å²) in [5.41, 5.74) is 3.27. The highest BCUT2D eigenvalue weighted by molar-refractivity contribution is 7.92. The van der Waals surface area contributed by atoms with Crippen LogP contribution in [0.3, 0.4) is 0 Å². The molecule has 0 aliphatic carbocycles. The molecule has 0 aliphatic rings. The predicted molar refractivity (Wildman–Crippen MR) is 105 cm³/mol. The van der Waals surface area contributed by atoms with Gasteiger partial charge in [-0.25, -0.2) is 8.42 Å². The average molecular weight is 372 g/mol. The number of anilines is 1. The van der Waals surface area contributed by atoms with Crippen LogP contribution in [-0.4, -0.2) is 27.4 Å². The number of carbonyl (C=O) groups is 1. The van der Waals surface area contributed by atoms with Gasteiger partial charge in [-0.2, -0.15) is 0 Å². The van der Waals surface area contributed by atoms with Crippen LogP contribution in [0.5, 0.6) is 0 Å². The molecule has 1 amide bonds. The fourth-order valence-corrected chi connectivity index (χ4v) is 4.08. The lowest BCUT2D eigenvalue weighted by Gasteiger charge is -2.26. The Balaban J connectivity index is 2.50. The summed E-state index contributed by atoms with van der Waals surface area (Å²) in [5, 5.41) is 2.63. The van der Waals surface area contributed by atoms with E-state index in [1.807, 2.05) is 32.9 Å². The molecule has 0 radical (unpaired) electrons. The van der Waals surface area contributed by atoms with Crippen LogP contribution in [0.15, 0.2) is 60.0 Å². The van der Waals surface area contributed by atoms with E-state index in [4.69, 9.17) is 0 Å². The maximum Gasteiger partial charge on any atom is 0.264 e. The van der Waals surface area contributed by atoms with E-state index in [2.05, 4.69) is 11.9 Å². The number of nitrogens with zero attached hydrogens (tertiary/aromatic N) is 1. The molecule has 1 N–H and O–H groups in total. The monoisotopic (exact) mass is 372 g/mol. The quantitative estimate of drug-likeness (QED) is 0.760. The molecule has 0 saturated carbocycles. The molecule has 0 atom stereocenters. The second-order valence-corrected chi connectivity index (χ2v) is 8.07. The number of sulfonamides is 1. The molecule has 0 heterocycles. The van der Waals surface area contributed by atoms with Crippen LogP contribution in [0.4, 0.5) is 5.69 Å². The molecule has 0 bridgehead atoms. The molecule has 26 heavy (non-hydrogen) atoms. The normalized spacial score (nSPS) is 11.0. The Morgan fingerprint density at radius 2 is 1.69 bits per heavy atom. The van der Waals surface area contributed by atoms with E-state index < -0.39 is 10.0 Å². The number of benzene rings is 2. The van der Waals surface area contributed by atoms with Gasteiger partial charge in [0.2, 0.25) is 5.91 Å². The molecule has 0 spiro atoms. The molecule has 2 aromatic carbocycles. The lowest BCUT2D eigenvalue weighted by atomic mass is 10.1. The highest BCUT2D eigenvalue weighted by Crippen LogP contribution is 2.27. The third-order valence-corrected chi connectivity index (χ3v) is 5.73. The highest BCUT2D eigenvalue weighted by atomic mass is 32.2. The van der Waals surface area contributed by atoms with Crippen LogP contribution in [-0.2, 0) is 14.8 Å². The molecule has 0 fully saturated rings. The lowest BCUT2D eigenvalue weighted by Crippen LogP contribution is -2.41. The van der Waals surface area contributed by atoms with Crippen molar-refractivity contribution in [3.05, 3.63) is 71.8 Å². The Bertz CT molecular complexity index is 903. The number of rotatable bonds is 7. The summed E-state index contributed by atoms with van der Waals surface area (Å²) in [7, 11) is -3.88. The second-order valence-electron chi connectivity index (χ2n) is 6.21. The van der Waals surface area contributed by atoms with Crippen LogP contribution < -0.4 is 9.62 Å². The summed E-state index contributed by atoms with van der Waals surface area (Å²) in [6, 6.07) is 12.1. The summed E-state index contributed by atoms with van der Waals surface area (Å²) in [6.45, 7) is 9.20. The van der Waals surface area contributed by atoms with Crippen molar-refractivity contribution in [2.45, 2.75) is 25.7 Å². The lowest BCUT2D eigenvalue weighted by molar-refractivity contribution is -0.119. The fraction of sp³-hybridized carbons (Fsp3) is 0.250. The fourth-order valence-electron chi connectivity index (χ4n) is 2.59. The number of hydrogen-bond acceptors (Lipinski definition) is 3. The van der Waals surface area contributed by atoms with Gasteiger partial charge >= 0.3 is 0 Å². The first-order valence-corrected chi connectivity index (χ1v) is 9.74. The molecule has 0 saturated heterocycles. The molecule has 2 rings (SSSR count). The first kappa shape index (κ1) is 19.7. The molecular formula is C20H24N2O3S. The summed E-state index contributed by atoms with van der Waals surface area (Å²) in [4.78, 5) is 12.4. The zero-order valence-corrected chi connectivity index (χ0v) is 16.1. The molecule has 138 valence electrons. The van der Waals surface area contributed by atoms with E-state index in [-0.39, 0.29) is 23.9 Å². The van der Waals surface area contributed by atoms with Gasteiger partial charge in [-0.3, -0.25) is 9.10 Å². The van der Waals surface area contributed by atoms with Crippen molar-refractivity contribution in [1.82, 2.24) is 5.32 Å². The third kappa shape index (κ3) is 4.52. The molecule has 2 aromatic rings. The first-order chi connectivity index (χ1) is 12.3. The van der Waals surface area contributed by atoms with Crippen molar-refractivity contribution in [2.75, 3.05) is 17.4 Å². The van der Waals surface area contributed by atoms with Crippen LogP contribution in [0.1, 0.15) is 16.7 Å². The minimum atomic E-state index is -3.88. The van der Waals surface area contributed by atoms with Gasteiger partial charge in [0.25, 0.3) is 10.0 Å². The van der Waals surface area contributed by atoms with E-state index >= 15 is 0 Å². The molecule has 0 aliphatic heterocycles. The van der Waals surface area contributed by atoms with Gasteiger partial charge in [-0.05, 0) is 44.5 Å². The standard InChI is InChI=1S/C20H24N2O3S/c1-5-12-21-20(23)14-22(19-11-8-16(3)13-17(19)4)26(24,25)18-9-6-15(2)7-10-18/h5-11,13H,1,12,14H2,2-4H3,(H,21,23). The predicted octanol–water partition coefficient (Wildman–Crippen LogP) is 3.11. The Kier molecular flexibility index (Phi) is 6.21. The van der Waals surface area contributed by atoms with Crippen LogP contribution in [0, 0.1) is 20.8 Å². The molecule has 5 nitrogen and oxygen atoms in total. The summed E-state index contributed by atoms with van der Waals surface area (Å²) in [5.74, 6) is -0.388. The number of aryl methyl sites for hydroxylation is 3. The second kappa shape index (κ2) is 8.19. The molecule has 0 unspecified atom stereocenters. The van der Waals surface area contributed by atoms with Crippen molar-refractivity contribution >= 4 is 21.6 Å². The van der Waals surface area contributed by atoms with Gasteiger partial charge in [-0.1, -0.05) is 41.5 Å². The van der Waals surface area contributed by atoms with Gasteiger partial charge < -0.3 is 5.32 Å². The Hall–Kier alpha value is -2.60. The first-order valence-electron chi connectivity index (χ1n) is 8.30.